The van der Waals surface area contributed by atoms with E-state index in [0.29, 0.717) is 6.79 Å². The summed E-state index contributed by atoms with van der Waals surface area (Å²) >= 11 is 0. The highest BCUT2D eigenvalue weighted by molar-refractivity contribution is 5.36. The highest BCUT2D eigenvalue weighted by Crippen LogP contribution is 2.28. The maximum absolute atomic E-state index is 5.25. The standard InChI is InChI=1S/C9H10O2/c1-2-7-3-4-8-9(5-7)11-6-10-8/h2-4H,5-6H2,1H3. The minimum Gasteiger partial charge on any atom is -0.458 e. The summed E-state index contributed by atoms with van der Waals surface area (Å²) in [4.78, 5) is 0. The van der Waals surface area contributed by atoms with Crippen LogP contribution in [0.5, 0.6) is 0 Å². The van der Waals surface area contributed by atoms with Gasteiger partial charge in [0.25, 0.3) is 0 Å². The quantitative estimate of drug-likeness (QED) is 0.526. The van der Waals surface area contributed by atoms with E-state index in [1.54, 1.807) is 0 Å². The van der Waals surface area contributed by atoms with E-state index >= 15 is 0 Å². The Morgan fingerprint density at radius 3 is 3.09 bits per heavy atom. The van der Waals surface area contributed by atoms with Gasteiger partial charge in [-0.25, -0.2) is 0 Å². The first-order valence-corrected chi connectivity index (χ1v) is 3.72. The molecule has 2 nitrogen and oxygen atoms in total. The van der Waals surface area contributed by atoms with Crippen molar-refractivity contribution in [3.63, 3.8) is 0 Å². The predicted octanol–water partition coefficient (Wildman–Crippen LogP) is 2.11. The van der Waals surface area contributed by atoms with Crippen LogP contribution in [0.4, 0.5) is 0 Å². The monoisotopic (exact) mass is 150 g/mol. The summed E-state index contributed by atoms with van der Waals surface area (Å²) in [6.45, 7) is 2.41. The minimum atomic E-state index is 0.381. The van der Waals surface area contributed by atoms with Gasteiger partial charge in [-0.2, -0.15) is 0 Å². The summed E-state index contributed by atoms with van der Waals surface area (Å²) in [5, 5.41) is 0. The van der Waals surface area contributed by atoms with Crippen LogP contribution in [-0.4, -0.2) is 6.79 Å². The molecular weight excluding hydrogens is 140 g/mol. The van der Waals surface area contributed by atoms with Gasteiger partial charge in [-0.1, -0.05) is 12.2 Å². The van der Waals surface area contributed by atoms with Crippen molar-refractivity contribution in [2.45, 2.75) is 13.3 Å². The maximum atomic E-state index is 5.25. The van der Waals surface area contributed by atoms with Gasteiger partial charge in [0.15, 0.2) is 5.76 Å². The van der Waals surface area contributed by atoms with Gasteiger partial charge in [-0.3, -0.25) is 0 Å². The Labute approximate surface area is 65.8 Å². The molecule has 1 aliphatic carbocycles. The van der Waals surface area contributed by atoms with Crippen molar-refractivity contribution in [3.8, 4) is 0 Å². The average Bonchev–Trinajstić information content (AvgIpc) is 2.50. The number of hydrogen-bond donors (Lipinski definition) is 0. The van der Waals surface area contributed by atoms with Crippen LogP contribution in [0, 0.1) is 0 Å². The lowest BCUT2D eigenvalue weighted by atomic mass is 10.1. The third-order valence-electron chi connectivity index (χ3n) is 1.91. The molecule has 0 N–H and O–H groups in total. The molecule has 0 bridgehead atoms. The molecule has 0 unspecified atom stereocenters. The lowest BCUT2D eigenvalue weighted by Gasteiger charge is -2.06. The van der Waals surface area contributed by atoms with Crippen molar-refractivity contribution < 1.29 is 9.47 Å². The lowest BCUT2D eigenvalue weighted by Crippen LogP contribution is -1.92. The molecule has 0 saturated heterocycles. The largest absolute Gasteiger partial charge is 0.458 e. The SMILES string of the molecule is CC=C1C=CC2=C(C1)OCO2. The van der Waals surface area contributed by atoms with Crippen LogP contribution < -0.4 is 0 Å². The zero-order chi connectivity index (χ0) is 7.68. The molecule has 2 heteroatoms. The van der Waals surface area contributed by atoms with E-state index in [1.165, 1.54) is 5.57 Å². The van der Waals surface area contributed by atoms with Crippen LogP contribution in [-0.2, 0) is 9.47 Å². The third kappa shape index (κ3) is 1.04. The van der Waals surface area contributed by atoms with Gasteiger partial charge in [0.2, 0.25) is 6.79 Å². The molecule has 1 heterocycles. The summed E-state index contributed by atoms with van der Waals surface area (Å²) in [7, 11) is 0. The van der Waals surface area contributed by atoms with Crippen molar-refractivity contribution in [3.05, 3.63) is 35.3 Å². The Kier molecular flexibility index (Phi) is 1.46. The van der Waals surface area contributed by atoms with Gasteiger partial charge in [0.05, 0.1) is 0 Å². The van der Waals surface area contributed by atoms with Crippen molar-refractivity contribution in [1.82, 2.24) is 0 Å². The molecule has 0 aromatic heterocycles. The fourth-order valence-electron chi connectivity index (χ4n) is 1.22. The van der Waals surface area contributed by atoms with E-state index in [2.05, 4.69) is 12.2 Å². The molecule has 2 rings (SSSR count). The Morgan fingerprint density at radius 2 is 2.27 bits per heavy atom. The van der Waals surface area contributed by atoms with Crippen molar-refractivity contribution in [2.24, 2.45) is 0 Å². The smallest absolute Gasteiger partial charge is 0.230 e. The molecule has 0 atom stereocenters. The summed E-state index contributed by atoms with van der Waals surface area (Å²) in [5.41, 5.74) is 1.29. The fraction of sp³-hybridized carbons (Fsp3) is 0.333. The van der Waals surface area contributed by atoms with Gasteiger partial charge >= 0.3 is 0 Å². The van der Waals surface area contributed by atoms with Crippen molar-refractivity contribution in [2.75, 3.05) is 6.79 Å². The second kappa shape index (κ2) is 2.46. The summed E-state index contributed by atoms with van der Waals surface area (Å²) in [5.74, 6) is 1.87. The van der Waals surface area contributed by atoms with Crippen LogP contribution in [0.2, 0.25) is 0 Å². The molecule has 0 amide bonds. The van der Waals surface area contributed by atoms with Gasteiger partial charge in [-0.05, 0) is 18.6 Å². The number of allylic oxidation sites excluding steroid dienone is 4. The maximum Gasteiger partial charge on any atom is 0.230 e. The van der Waals surface area contributed by atoms with E-state index in [0.717, 1.165) is 17.9 Å². The molecule has 0 aromatic carbocycles. The first kappa shape index (κ1) is 6.53. The van der Waals surface area contributed by atoms with Crippen LogP contribution in [0.25, 0.3) is 0 Å². The Bertz CT molecular complexity index is 259. The molecule has 0 spiro atoms. The molecule has 0 radical (unpaired) electrons. The van der Waals surface area contributed by atoms with Crippen LogP contribution in [0.3, 0.4) is 0 Å². The Balaban J connectivity index is 2.25. The van der Waals surface area contributed by atoms with Gasteiger partial charge < -0.3 is 9.47 Å². The topological polar surface area (TPSA) is 18.5 Å². The van der Waals surface area contributed by atoms with E-state index in [9.17, 15) is 0 Å². The molecule has 0 fully saturated rings. The molecule has 58 valence electrons. The van der Waals surface area contributed by atoms with E-state index in [4.69, 9.17) is 9.47 Å². The average molecular weight is 150 g/mol. The first-order valence-electron chi connectivity index (χ1n) is 3.72. The van der Waals surface area contributed by atoms with Crippen molar-refractivity contribution in [1.29, 1.82) is 0 Å². The zero-order valence-electron chi connectivity index (χ0n) is 6.46. The fourth-order valence-corrected chi connectivity index (χ4v) is 1.22. The molecular formula is C9H10O2. The normalized spacial score (nSPS) is 25.0. The summed E-state index contributed by atoms with van der Waals surface area (Å²) in [6, 6.07) is 0. The van der Waals surface area contributed by atoms with Gasteiger partial charge in [0.1, 0.15) is 5.76 Å². The number of ether oxygens (including phenoxy) is 2. The highest BCUT2D eigenvalue weighted by Gasteiger charge is 2.18. The lowest BCUT2D eigenvalue weighted by molar-refractivity contribution is 0.0736. The van der Waals surface area contributed by atoms with Crippen molar-refractivity contribution >= 4 is 0 Å². The number of hydrogen-bond acceptors (Lipinski definition) is 2. The third-order valence-corrected chi connectivity index (χ3v) is 1.91. The van der Waals surface area contributed by atoms with E-state index in [1.807, 2.05) is 13.0 Å². The molecule has 11 heavy (non-hydrogen) atoms. The van der Waals surface area contributed by atoms with Crippen LogP contribution in [0.1, 0.15) is 13.3 Å². The first-order chi connectivity index (χ1) is 5.40. The molecule has 0 aromatic rings. The minimum absolute atomic E-state index is 0.381. The number of rotatable bonds is 0. The predicted molar refractivity (Wildman–Crippen MR) is 41.6 cm³/mol. The second-order valence-corrected chi connectivity index (χ2v) is 2.57. The van der Waals surface area contributed by atoms with Crippen LogP contribution >= 0.6 is 0 Å². The molecule has 0 saturated carbocycles. The molecule has 2 aliphatic rings. The van der Waals surface area contributed by atoms with E-state index in [-0.39, 0.29) is 0 Å². The molecule has 1 aliphatic heterocycles. The summed E-state index contributed by atoms with van der Waals surface area (Å²) < 4.78 is 10.4. The van der Waals surface area contributed by atoms with Gasteiger partial charge in [-0.15, -0.1) is 0 Å². The van der Waals surface area contributed by atoms with Gasteiger partial charge in [0, 0.05) is 6.42 Å². The Hall–Kier alpha value is -1.18. The highest BCUT2D eigenvalue weighted by atomic mass is 16.7. The van der Waals surface area contributed by atoms with Crippen LogP contribution in [0.15, 0.2) is 35.3 Å². The van der Waals surface area contributed by atoms with E-state index < -0.39 is 0 Å². The second-order valence-electron chi connectivity index (χ2n) is 2.57. The Morgan fingerprint density at radius 1 is 1.36 bits per heavy atom. The summed E-state index contributed by atoms with van der Waals surface area (Å²) in [6.07, 6.45) is 6.99. The zero-order valence-corrected chi connectivity index (χ0v) is 6.46.